The molecule has 32 heavy (non-hydrogen) atoms. The number of alkyl halides is 3. The highest BCUT2D eigenvalue weighted by Gasteiger charge is 2.30. The smallest absolute Gasteiger partial charge is 0.416 e. The summed E-state index contributed by atoms with van der Waals surface area (Å²) < 4.78 is 43.9. The van der Waals surface area contributed by atoms with Crippen LogP contribution >= 0.6 is 0 Å². The molecule has 2 N–H and O–H groups in total. The lowest BCUT2D eigenvalue weighted by molar-refractivity contribution is -0.137. The van der Waals surface area contributed by atoms with Gasteiger partial charge in [-0.1, -0.05) is 25.1 Å². The van der Waals surface area contributed by atoms with Crippen LogP contribution in [0.3, 0.4) is 0 Å². The zero-order valence-electron chi connectivity index (χ0n) is 17.2. The lowest BCUT2D eigenvalue weighted by Gasteiger charge is -2.11. The Morgan fingerprint density at radius 2 is 1.59 bits per heavy atom. The topological polar surface area (TPSA) is 67.4 Å². The fourth-order valence-corrected chi connectivity index (χ4v) is 2.88. The van der Waals surface area contributed by atoms with Crippen LogP contribution in [0.25, 0.3) is 0 Å². The van der Waals surface area contributed by atoms with Gasteiger partial charge in [0.15, 0.2) is 6.61 Å². The molecular formula is C24H21F3N2O3. The Kier molecular flexibility index (Phi) is 7.14. The lowest BCUT2D eigenvalue weighted by atomic mass is 10.1. The quantitative estimate of drug-likeness (QED) is 0.505. The molecule has 0 heterocycles. The highest BCUT2D eigenvalue weighted by Crippen LogP contribution is 2.30. The standard InChI is InChI=1S/C24H21F3N2O3/c1-2-16-5-3-8-21(13-16)32-15-22(30)28-19-11-9-17(10-12-19)23(31)29-20-7-4-6-18(14-20)24(25,26)27/h3-14H,2,15H2,1H3,(H,28,30)(H,29,31). The van der Waals surface area contributed by atoms with E-state index >= 15 is 0 Å². The van der Waals surface area contributed by atoms with Crippen molar-refractivity contribution in [1.82, 2.24) is 0 Å². The van der Waals surface area contributed by atoms with Crippen LogP contribution in [-0.2, 0) is 17.4 Å². The molecule has 0 fully saturated rings. The van der Waals surface area contributed by atoms with E-state index in [0.717, 1.165) is 24.1 Å². The molecule has 3 aromatic rings. The molecule has 0 aliphatic heterocycles. The van der Waals surface area contributed by atoms with Crippen LogP contribution in [0.4, 0.5) is 24.5 Å². The molecule has 0 saturated carbocycles. The predicted molar refractivity (Wildman–Crippen MR) is 116 cm³/mol. The van der Waals surface area contributed by atoms with E-state index in [0.29, 0.717) is 11.4 Å². The second-order valence-electron chi connectivity index (χ2n) is 6.95. The largest absolute Gasteiger partial charge is 0.484 e. The Morgan fingerprint density at radius 1 is 0.875 bits per heavy atom. The number of hydrogen-bond donors (Lipinski definition) is 2. The molecule has 3 aromatic carbocycles. The normalized spacial score (nSPS) is 11.0. The molecule has 0 aliphatic rings. The maximum absolute atomic E-state index is 12.8. The van der Waals surface area contributed by atoms with Crippen molar-refractivity contribution in [3.8, 4) is 5.75 Å². The van der Waals surface area contributed by atoms with Crippen molar-refractivity contribution in [3.05, 3.63) is 89.5 Å². The lowest BCUT2D eigenvalue weighted by Crippen LogP contribution is -2.20. The van der Waals surface area contributed by atoms with Crippen molar-refractivity contribution in [2.45, 2.75) is 19.5 Å². The number of ether oxygens (including phenoxy) is 1. The minimum atomic E-state index is -4.50. The third-order valence-corrected chi connectivity index (χ3v) is 4.56. The van der Waals surface area contributed by atoms with Gasteiger partial charge in [-0.3, -0.25) is 9.59 Å². The molecule has 5 nitrogen and oxygen atoms in total. The summed E-state index contributed by atoms with van der Waals surface area (Å²) in [5.41, 5.74) is 0.968. The van der Waals surface area contributed by atoms with Crippen LogP contribution in [0.1, 0.15) is 28.4 Å². The van der Waals surface area contributed by atoms with E-state index in [-0.39, 0.29) is 23.8 Å². The van der Waals surface area contributed by atoms with Crippen LogP contribution in [-0.4, -0.2) is 18.4 Å². The first-order chi connectivity index (χ1) is 15.2. The molecular weight excluding hydrogens is 421 g/mol. The summed E-state index contributed by atoms with van der Waals surface area (Å²) >= 11 is 0. The number of aryl methyl sites for hydroxylation is 1. The van der Waals surface area contributed by atoms with Crippen molar-refractivity contribution >= 4 is 23.2 Å². The van der Waals surface area contributed by atoms with Crippen LogP contribution < -0.4 is 15.4 Å². The highest BCUT2D eigenvalue weighted by molar-refractivity contribution is 6.04. The van der Waals surface area contributed by atoms with Crippen LogP contribution in [0.15, 0.2) is 72.8 Å². The maximum Gasteiger partial charge on any atom is 0.416 e. The van der Waals surface area contributed by atoms with Crippen LogP contribution in [0, 0.1) is 0 Å². The van der Waals surface area contributed by atoms with E-state index < -0.39 is 17.6 Å². The molecule has 0 atom stereocenters. The van der Waals surface area contributed by atoms with Gasteiger partial charge in [0.2, 0.25) is 0 Å². The van der Waals surface area contributed by atoms with Crippen molar-refractivity contribution in [2.75, 3.05) is 17.2 Å². The highest BCUT2D eigenvalue weighted by atomic mass is 19.4. The van der Waals surface area contributed by atoms with E-state index in [1.165, 1.54) is 36.4 Å². The van der Waals surface area contributed by atoms with E-state index in [9.17, 15) is 22.8 Å². The molecule has 0 aliphatic carbocycles. The Hall–Kier alpha value is -3.81. The third-order valence-electron chi connectivity index (χ3n) is 4.56. The van der Waals surface area contributed by atoms with E-state index in [1.54, 1.807) is 6.07 Å². The van der Waals surface area contributed by atoms with Crippen molar-refractivity contribution < 1.29 is 27.5 Å². The summed E-state index contributed by atoms with van der Waals surface area (Å²) in [4.78, 5) is 24.4. The summed E-state index contributed by atoms with van der Waals surface area (Å²) in [6, 6.07) is 17.8. The zero-order valence-corrected chi connectivity index (χ0v) is 17.2. The molecule has 0 radical (unpaired) electrons. The summed E-state index contributed by atoms with van der Waals surface area (Å²) in [6.45, 7) is 1.85. The first kappa shape index (κ1) is 22.9. The van der Waals surface area contributed by atoms with Crippen molar-refractivity contribution in [3.63, 3.8) is 0 Å². The molecule has 3 rings (SSSR count). The third kappa shape index (κ3) is 6.34. The Labute approximate surface area is 183 Å². The minimum Gasteiger partial charge on any atom is -0.484 e. The first-order valence-corrected chi connectivity index (χ1v) is 9.85. The number of hydrogen-bond acceptors (Lipinski definition) is 3. The summed E-state index contributed by atoms with van der Waals surface area (Å²) in [5, 5.41) is 5.09. The molecule has 0 spiro atoms. The summed E-state index contributed by atoms with van der Waals surface area (Å²) in [5.74, 6) is -0.337. The number of halogens is 3. The number of nitrogens with one attached hydrogen (secondary N) is 2. The fraction of sp³-hybridized carbons (Fsp3) is 0.167. The Bertz CT molecular complexity index is 1100. The van der Waals surface area contributed by atoms with Crippen molar-refractivity contribution in [2.24, 2.45) is 0 Å². The van der Waals surface area contributed by atoms with Gasteiger partial charge in [-0.2, -0.15) is 13.2 Å². The second-order valence-corrected chi connectivity index (χ2v) is 6.95. The first-order valence-electron chi connectivity index (χ1n) is 9.85. The molecule has 2 amide bonds. The molecule has 0 bridgehead atoms. The summed E-state index contributed by atoms with van der Waals surface area (Å²) in [6.07, 6.45) is -3.64. The number of rotatable bonds is 7. The molecule has 0 saturated heterocycles. The van der Waals surface area contributed by atoms with E-state index in [4.69, 9.17) is 4.74 Å². The monoisotopic (exact) mass is 442 g/mol. The predicted octanol–water partition coefficient (Wildman–Crippen LogP) is 5.54. The fourth-order valence-electron chi connectivity index (χ4n) is 2.88. The van der Waals surface area contributed by atoms with Gasteiger partial charge in [0.25, 0.3) is 11.8 Å². The molecule has 0 unspecified atom stereocenters. The summed E-state index contributed by atoms with van der Waals surface area (Å²) in [7, 11) is 0. The molecule has 8 heteroatoms. The van der Waals surface area contributed by atoms with Gasteiger partial charge in [0.1, 0.15) is 5.75 Å². The van der Waals surface area contributed by atoms with Gasteiger partial charge >= 0.3 is 6.18 Å². The SMILES string of the molecule is CCc1cccc(OCC(=O)Nc2ccc(C(=O)Nc3cccc(C(F)(F)F)c3)cc2)c1. The van der Waals surface area contributed by atoms with Gasteiger partial charge in [-0.05, 0) is 66.6 Å². The average molecular weight is 442 g/mol. The maximum atomic E-state index is 12.8. The number of amides is 2. The number of carbonyl (C=O) groups is 2. The average Bonchev–Trinajstić information content (AvgIpc) is 2.78. The molecule has 0 aromatic heterocycles. The van der Waals surface area contributed by atoms with Gasteiger partial charge in [-0.15, -0.1) is 0 Å². The number of anilines is 2. The van der Waals surface area contributed by atoms with Crippen LogP contribution in [0.5, 0.6) is 5.75 Å². The Morgan fingerprint density at radius 3 is 2.28 bits per heavy atom. The zero-order chi connectivity index (χ0) is 23.1. The minimum absolute atomic E-state index is 0.0338. The van der Waals surface area contributed by atoms with Gasteiger partial charge < -0.3 is 15.4 Å². The molecule has 166 valence electrons. The number of benzene rings is 3. The van der Waals surface area contributed by atoms with Gasteiger partial charge in [-0.25, -0.2) is 0 Å². The van der Waals surface area contributed by atoms with E-state index in [2.05, 4.69) is 10.6 Å². The van der Waals surface area contributed by atoms with Gasteiger partial charge in [0, 0.05) is 16.9 Å². The van der Waals surface area contributed by atoms with E-state index in [1.807, 2.05) is 25.1 Å². The van der Waals surface area contributed by atoms with Crippen molar-refractivity contribution in [1.29, 1.82) is 0 Å². The Balaban J connectivity index is 1.55. The van der Waals surface area contributed by atoms with Gasteiger partial charge in [0.05, 0.1) is 5.56 Å². The van der Waals surface area contributed by atoms with Crippen LogP contribution in [0.2, 0.25) is 0 Å². The number of carbonyl (C=O) groups excluding carboxylic acids is 2. The second kappa shape index (κ2) is 10.00.